The molecule has 0 aliphatic carbocycles. The molecule has 1 fully saturated rings. The second-order valence-electron chi connectivity index (χ2n) is 6.21. The fourth-order valence-electron chi connectivity index (χ4n) is 3.10. The summed E-state index contributed by atoms with van der Waals surface area (Å²) in [4.78, 5) is 14.3. The molecule has 1 saturated heterocycles. The maximum Gasteiger partial charge on any atom is 0.260 e. The second kappa shape index (κ2) is 7.97. The molecule has 0 bridgehead atoms. The van der Waals surface area contributed by atoms with Crippen LogP contribution in [0.4, 0.5) is 0 Å². The first kappa shape index (κ1) is 16.5. The lowest BCUT2D eigenvalue weighted by Gasteiger charge is -2.31. The highest BCUT2D eigenvalue weighted by atomic mass is 16.5. The minimum absolute atomic E-state index is 0.0494. The van der Waals surface area contributed by atoms with E-state index in [-0.39, 0.29) is 12.5 Å². The number of hydrogen-bond acceptors (Lipinski definition) is 3. The van der Waals surface area contributed by atoms with Crippen LogP contribution in [0, 0.1) is 5.92 Å². The monoisotopic (exact) mass is 324 g/mol. The number of carbonyl (C=O) groups excluding carboxylic acids is 1. The van der Waals surface area contributed by atoms with E-state index < -0.39 is 0 Å². The first-order valence-electron chi connectivity index (χ1n) is 8.53. The van der Waals surface area contributed by atoms with E-state index in [4.69, 9.17) is 10.5 Å². The molecular weight excluding hydrogens is 300 g/mol. The summed E-state index contributed by atoms with van der Waals surface area (Å²) in [6.07, 6.45) is 1.98. The average molecular weight is 324 g/mol. The molecular formula is C20H24N2O2. The number of nitrogens with two attached hydrogens (primary N) is 1. The van der Waals surface area contributed by atoms with Gasteiger partial charge in [0.15, 0.2) is 6.61 Å². The van der Waals surface area contributed by atoms with Crippen LogP contribution < -0.4 is 10.5 Å². The summed E-state index contributed by atoms with van der Waals surface area (Å²) in [6.45, 7) is 2.36. The van der Waals surface area contributed by atoms with Gasteiger partial charge in [0.1, 0.15) is 5.75 Å². The number of likely N-dealkylation sites (tertiary alicyclic amines) is 1. The van der Waals surface area contributed by atoms with Gasteiger partial charge in [0.05, 0.1) is 0 Å². The van der Waals surface area contributed by atoms with Crippen molar-refractivity contribution in [1.82, 2.24) is 4.90 Å². The molecule has 4 nitrogen and oxygen atoms in total. The van der Waals surface area contributed by atoms with Crippen molar-refractivity contribution in [1.29, 1.82) is 0 Å². The third-order valence-corrected chi connectivity index (χ3v) is 4.62. The van der Waals surface area contributed by atoms with Crippen LogP contribution in [0.3, 0.4) is 0 Å². The van der Waals surface area contributed by atoms with E-state index in [9.17, 15) is 4.79 Å². The minimum atomic E-state index is 0.0494. The molecule has 1 amide bonds. The summed E-state index contributed by atoms with van der Waals surface area (Å²) in [5, 5.41) is 0. The third-order valence-electron chi connectivity index (χ3n) is 4.62. The Morgan fingerprint density at radius 1 is 1.04 bits per heavy atom. The fraction of sp³-hybridized carbons (Fsp3) is 0.350. The van der Waals surface area contributed by atoms with Gasteiger partial charge in [0.2, 0.25) is 0 Å². The van der Waals surface area contributed by atoms with Crippen molar-refractivity contribution in [3.05, 3.63) is 54.6 Å². The molecule has 1 heterocycles. The summed E-state index contributed by atoms with van der Waals surface area (Å²) in [7, 11) is 0. The topological polar surface area (TPSA) is 55.6 Å². The Morgan fingerprint density at radius 3 is 2.42 bits per heavy atom. The molecule has 0 saturated carbocycles. The first-order valence-corrected chi connectivity index (χ1v) is 8.53. The van der Waals surface area contributed by atoms with Gasteiger partial charge < -0.3 is 15.4 Å². The van der Waals surface area contributed by atoms with Gasteiger partial charge in [-0.3, -0.25) is 4.79 Å². The van der Waals surface area contributed by atoms with Gasteiger partial charge in [-0.15, -0.1) is 0 Å². The molecule has 1 aliphatic rings. The van der Waals surface area contributed by atoms with Crippen molar-refractivity contribution in [2.75, 3.05) is 26.2 Å². The summed E-state index contributed by atoms with van der Waals surface area (Å²) < 4.78 is 5.84. The van der Waals surface area contributed by atoms with E-state index in [1.54, 1.807) is 0 Å². The zero-order chi connectivity index (χ0) is 16.8. The average Bonchev–Trinajstić information content (AvgIpc) is 2.67. The lowest BCUT2D eigenvalue weighted by Crippen LogP contribution is -2.42. The zero-order valence-electron chi connectivity index (χ0n) is 13.9. The van der Waals surface area contributed by atoms with Crippen LogP contribution in [0.5, 0.6) is 5.75 Å². The van der Waals surface area contributed by atoms with Crippen molar-refractivity contribution in [2.24, 2.45) is 11.7 Å². The largest absolute Gasteiger partial charge is 0.483 e. The number of amides is 1. The lowest BCUT2D eigenvalue weighted by atomic mass is 9.97. The summed E-state index contributed by atoms with van der Waals surface area (Å²) in [6, 6.07) is 17.9. The molecule has 1 aliphatic heterocycles. The van der Waals surface area contributed by atoms with Gasteiger partial charge in [-0.05, 0) is 36.9 Å². The zero-order valence-corrected chi connectivity index (χ0v) is 13.9. The van der Waals surface area contributed by atoms with Crippen molar-refractivity contribution in [3.63, 3.8) is 0 Å². The fourth-order valence-corrected chi connectivity index (χ4v) is 3.10. The van der Waals surface area contributed by atoms with Crippen LogP contribution in [-0.2, 0) is 4.79 Å². The van der Waals surface area contributed by atoms with Crippen molar-refractivity contribution >= 4 is 5.91 Å². The van der Waals surface area contributed by atoms with Gasteiger partial charge in [-0.1, -0.05) is 48.5 Å². The summed E-state index contributed by atoms with van der Waals surface area (Å²) in [5.41, 5.74) is 7.80. The molecule has 0 radical (unpaired) electrons. The van der Waals surface area contributed by atoms with Gasteiger partial charge >= 0.3 is 0 Å². The third kappa shape index (κ3) is 3.95. The summed E-state index contributed by atoms with van der Waals surface area (Å²) >= 11 is 0. The molecule has 2 aromatic carbocycles. The van der Waals surface area contributed by atoms with Gasteiger partial charge in [0.25, 0.3) is 5.91 Å². The second-order valence-corrected chi connectivity index (χ2v) is 6.21. The van der Waals surface area contributed by atoms with E-state index in [0.717, 1.165) is 42.8 Å². The van der Waals surface area contributed by atoms with Crippen LogP contribution in [0.2, 0.25) is 0 Å². The maximum atomic E-state index is 12.4. The van der Waals surface area contributed by atoms with E-state index in [1.807, 2.05) is 59.5 Å². The van der Waals surface area contributed by atoms with Crippen LogP contribution in [0.25, 0.3) is 11.1 Å². The van der Waals surface area contributed by atoms with Crippen LogP contribution in [0.15, 0.2) is 54.6 Å². The normalized spacial score (nSPS) is 15.3. The van der Waals surface area contributed by atoms with Gasteiger partial charge in [-0.25, -0.2) is 0 Å². The Bertz CT molecular complexity index is 664. The number of piperidine rings is 1. The molecule has 0 spiro atoms. The number of carbonyl (C=O) groups is 1. The van der Waals surface area contributed by atoms with Crippen molar-refractivity contribution in [2.45, 2.75) is 12.8 Å². The number of benzene rings is 2. The highest BCUT2D eigenvalue weighted by molar-refractivity contribution is 5.78. The Morgan fingerprint density at radius 2 is 1.71 bits per heavy atom. The minimum Gasteiger partial charge on any atom is -0.483 e. The number of para-hydroxylation sites is 1. The molecule has 2 aromatic rings. The van der Waals surface area contributed by atoms with Crippen LogP contribution >= 0.6 is 0 Å². The molecule has 126 valence electrons. The van der Waals surface area contributed by atoms with E-state index in [0.29, 0.717) is 12.5 Å². The molecule has 2 N–H and O–H groups in total. The van der Waals surface area contributed by atoms with Crippen molar-refractivity contribution in [3.8, 4) is 16.9 Å². The Balaban J connectivity index is 1.62. The number of rotatable bonds is 5. The molecule has 3 rings (SSSR count). The highest BCUT2D eigenvalue weighted by Crippen LogP contribution is 2.29. The predicted octanol–water partition coefficient (Wildman–Crippen LogP) is 2.93. The van der Waals surface area contributed by atoms with E-state index >= 15 is 0 Å². The quantitative estimate of drug-likeness (QED) is 0.920. The Kier molecular flexibility index (Phi) is 5.49. The molecule has 24 heavy (non-hydrogen) atoms. The lowest BCUT2D eigenvalue weighted by molar-refractivity contribution is -0.134. The van der Waals surface area contributed by atoms with Crippen LogP contribution in [-0.4, -0.2) is 37.0 Å². The number of nitrogens with zero attached hydrogens (tertiary/aromatic N) is 1. The van der Waals surface area contributed by atoms with E-state index in [1.165, 1.54) is 0 Å². The Labute approximate surface area is 143 Å². The van der Waals surface area contributed by atoms with Crippen LogP contribution in [0.1, 0.15) is 12.8 Å². The predicted molar refractivity (Wildman–Crippen MR) is 95.7 cm³/mol. The molecule has 4 heteroatoms. The number of hydrogen-bond donors (Lipinski definition) is 1. The summed E-state index contributed by atoms with van der Waals surface area (Å²) in [5.74, 6) is 1.34. The maximum absolute atomic E-state index is 12.4. The van der Waals surface area contributed by atoms with Crippen molar-refractivity contribution < 1.29 is 9.53 Å². The standard InChI is InChI=1S/C20H24N2O2/c21-14-16-10-12-22(13-11-16)20(23)15-24-19-9-5-4-8-18(19)17-6-2-1-3-7-17/h1-9,16H,10-15,21H2. The smallest absolute Gasteiger partial charge is 0.260 e. The first-order chi connectivity index (χ1) is 11.8. The number of ether oxygens (including phenoxy) is 1. The van der Waals surface area contributed by atoms with E-state index in [2.05, 4.69) is 0 Å². The SMILES string of the molecule is NCC1CCN(C(=O)COc2ccccc2-c2ccccc2)CC1. The molecule has 0 aromatic heterocycles. The molecule has 0 unspecified atom stereocenters. The van der Waals surface area contributed by atoms with Gasteiger partial charge in [0, 0.05) is 18.7 Å². The Hall–Kier alpha value is -2.33. The van der Waals surface area contributed by atoms with Gasteiger partial charge in [-0.2, -0.15) is 0 Å². The molecule has 0 atom stereocenters. The highest BCUT2D eigenvalue weighted by Gasteiger charge is 2.22.